The molecule has 3 rings (SSSR count). The molecule has 0 radical (unpaired) electrons. The van der Waals surface area contributed by atoms with Gasteiger partial charge in [0, 0.05) is 16.0 Å². The lowest BCUT2D eigenvalue weighted by Gasteiger charge is -2.04. The van der Waals surface area contributed by atoms with Crippen molar-refractivity contribution in [3.63, 3.8) is 0 Å². The standard InChI is InChI=1S/C16H13N3OS/c17-15(18)14-8-10-6-7-11(9-13(10)21-14)16(20)19-12-4-2-1-3-5-12/h1-9H,(H3,17,18)(H,19,20). The second-order valence-electron chi connectivity index (χ2n) is 4.60. The minimum absolute atomic E-state index is 0.0477. The largest absolute Gasteiger partial charge is 0.383 e. The van der Waals surface area contributed by atoms with Crippen LogP contribution in [0.4, 0.5) is 5.69 Å². The second-order valence-corrected chi connectivity index (χ2v) is 5.68. The number of fused-ring (bicyclic) bond motifs is 1. The summed E-state index contributed by atoms with van der Waals surface area (Å²) in [6.45, 7) is 0. The molecule has 0 spiro atoms. The molecule has 104 valence electrons. The van der Waals surface area contributed by atoms with Crippen LogP contribution in [0, 0.1) is 5.41 Å². The van der Waals surface area contributed by atoms with Gasteiger partial charge in [-0.3, -0.25) is 10.2 Å². The van der Waals surface area contributed by atoms with E-state index in [2.05, 4.69) is 5.32 Å². The summed E-state index contributed by atoms with van der Waals surface area (Å²) in [6.07, 6.45) is 0. The number of rotatable bonds is 3. The van der Waals surface area contributed by atoms with Crippen LogP contribution in [0.2, 0.25) is 0 Å². The monoisotopic (exact) mass is 295 g/mol. The fourth-order valence-corrected chi connectivity index (χ4v) is 2.99. The molecular formula is C16H13N3OS. The van der Waals surface area contributed by atoms with E-state index in [-0.39, 0.29) is 11.7 Å². The summed E-state index contributed by atoms with van der Waals surface area (Å²) in [5, 5.41) is 11.3. The number of nitrogens with one attached hydrogen (secondary N) is 2. The number of amidine groups is 1. The Kier molecular flexibility index (Phi) is 3.41. The van der Waals surface area contributed by atoms with E-state index in [1.807, 2.05) is 48.5 Å². The molecule has 1 heterocycles. The highest BCUT2D eigenvalue weighted by Gasteiger charge is 2.09. The molecule has 4 nitrogen and oxygen atoms in total. The van der Waals surface area contributed by atoms with Crippen LogP contribution in [-0.2, 0) is 0 Å². The summed E-state index contributed by atoms with van der Waals surface area (Å²) in [6, 6.07) is 16.7. The van der Waals surface area contributed by atoms with Crippen molar-refractivity contribution in [3.05, 3.63) is 65.0 Å². The zero-order valence-electron chi connectivity index (χ0n) is 11.1. The maximum absolute atomic E-state index is 12.2. The first-order chi connectivity index (χ1) is 10.1. The van der Waals surface area contributed by atoms with Gasteiger partial charge in [-0.2, -0.15) is 0 Å². The number of nitrogen functional groups attached to an aromatic ring is 1. The molecule has 3 aromatic rings. The predicted molar refractivity (Wildman–Crippen MR) is 87.2 cm³/mol. The van der Waals surface area contributed by atoms with Gasteiger partial charge in [0.25, 0.3) is 5.91 Å². The van der Waals surface area contributed by atoms with Crippen LogP contribution in [0.15, 0.2) is 54.6 Å². The number of benzene rings is 2. The van der Waals surface area contributed by atoms with Crippen LogP contribution in [0.5, 0.6) is 0 Å². The van der Waals surface area contributed by atoms with Crippen molar-refractivity contribution in [2.45, 2.75) is 0 Å². The first-order valence-electron chi connectivity index (χ1n) is 6.38. The molecular weight excluding hydrogens is 282 g/mol. The topological polar surface area (TPSA) is 79.0 Å². The molecule has 0 bridgehead atoms. The Bertz CT molecular complexity index is 824. The number of carbonyl (C=O) groups excluding carboxylic acids is 1. The van der Waals surface area contributed by atoms with E-state index in [1.54, 1.807) is 6.07 Å². The number of hydrogen-bond donors (Lipinski definition) is 3. The van der Waals surface area contributed by atoms with Gasteiger partial charge in [0.05, 0.1) is 4.88 Å². The summed E-state index contributed by atoms with van der Waals surface area (Å²) >= 11 is 1.41. The van der Waals surface area contributed by atoms with Crippen molar-refractivity contribution >= 4 is 38.9 Å². The average molecular weight is 295 g/mol. The van der Waals surface area contributed by atoms with Crippen LogP contribution in [-0.4, -0.2) is 11.7 Å². The maximum Gasteiger partial charge on any atom is 0.255 e. The Labute approximate surface area is 125 Å². The molecule has 21 heavy (non-hydrogen) atoms. The summed E-state index contributed by atoms with van der Waals surface area (Å²) in [4.78, 5) is 12.9. The van der Waals surface area contributed by atoms with Crippen molar-refractivity contribution in [1.29, 1.82) is 5.41 Å². The van der Waals surface area contributed by atoms with E-state index in [1.165, 1.54) is 11.3 Å². The smallest absolute Gasteiger partial charge is 0.255 e. The van der Waals surface area contributed by atoms with Crippen molar-refractivity contribution < 1.29 is 4.79 Å². The number of nitrogens with two attached hydrogens (primary N) is 1. The third-order valence-electron chi connectivity index (χ3n) is 3.08. The number of para-hydroxylation sites is 1. The lowest BCUT2D eigenvalue weighted by Crippen LogP contribution is -2.11. The summed E-state index contributed by atoms with van der Waals surface area (Å²) in [5.41, 5.74) is 6.84. The van der Waals surface area contributed by atoms with E-state index in [9.17, 15) is 4.79 Å². The fourth-order valence-electron chi connectivity index (χ4n) is 2.03. The Morgan fingerprint density at radius 1 is 1.10 bits per heavy atom. The van der Waals surface area contributed by atoms with Crippen molar-refractivity contribution in [1.82, 2.24) is 0 Å². The normalized spacial score (nSPS) is 10.5. The lowest BCUT2D eigenvalue weighted by molar-refractivity contribution is 0.102. The predicted octanol–water partition coefficient (Wildman–Crippen LogP) is 3.44. The van der Waals surface area contributed by atoms with Crippen LogP contribution in [0.3, 0.4) is 0 Å². The zero-order chi connectivity index (χ0) is 14.8. The van der Waals surface area contributed by atoms with E-state index in [4.69, 9.17) is 11.1 Å². The summed E-state index contributed by atoms with van der Waals surface area (Å²) < 4.78 is 0.945. The van der Waals surface area contributed by atoms with Gasteiger partial charge < -0.3 is 11.1 Å². The summed E-state index contributed by atoms with van der Waals surface area (Å²) in [7, 11) is 0. The van der Waals surface area contributed by atoms with Crippen molar-refractivity contribution in [3.8, 4) is 0 Å². The molecule has 2 aromatic carbocycles. The van der Waals surface area contributed by atoms with E-state index in [0.717, 1.165) is 15.8 Å². The van der Waals surface area contributed by atoms with Crippen LogP contribution in [0.1, 0.15) is 15.2 Å². The van der Waals surface area contributed by atoms with Crippen molar-refractivity contribution in [2.24, 2.45) is 5.73 Å². The highest BCUT2D eigenvalue weighted by molar-refractivity contribution is 7.20. The zero-order valence-corrected chi connectivity index (χ0v) is 11.9. The van der Waals surface area contributed by atoms with Gasteiger partial charge in [0.1, 0.15) is 5.84 Å². The van der Waals surface area contributed by atoms with Crippen molar-refractivity contribution in [2.75, 3.05) is 5.32 Å². The first-order valence-corrected chi connectivity index (χ1v) is 7.19. The second kappa shape index (κ2) is 5.38. The molecule has 5 heteroatoms. The molecule has 0 saturated heterocycles. The molecule has 1 amide bonds. The Morgan fingerprint density at radius 2 is 1.86 bits per heavy atom. The number of amides is 1. The summed E-state index contributed by atoms with van der Waals surface area (Å²) in [5.74, 6) is -0.104. The maximum atomic E-state index is 12.2. The number of hydrogen-bond acceptors (Lipinski definition) is 3. The van der Waals surface area contributed by atoms with Gasteiger partial charge in [-0.1, -0.05) is 24.3 Å². The van der Waals surface area contributed by atoms with Crippen LogP contribution < -0.4 is 11.1 Å². The third kappa shape index (κ3) is 2.78. The van der Waals surface area contributed by atoms with Crippen LogP contribution in [0.25, 0.3) is 10.1 Å². The first kappa shape index (κ1) is 13.3. The average Bonchev–Trinajstić information content (AvgIpc) is 2.91. The van der Waals surface area contributed by atoms with E-state index < -0.39 is 0 Å². The molecule has 0 atom stereocenters. The lowest BCUT2D eigenvalue weighted by atomic mass is 10.1. The minimum atomic E-state index is -0.152. The number of carbonyl (C=O) groups is 1. The molecule has 0 aliphatic heterocycles. The molecule has 0 saturated carbocycles. The molecule has 0 fully saturated rings. The molecule has 4 N–H and O–H groups in total. The molecule has 1 aromatic heterocycles. The molecule has 0 unspecified atom stereocenters. The Balaban J connectivity index is 1.90. The number of thiophene rings is 1. The third-order valence-corrected chi connectivity index (χ3v) is 4.21. The van der Waals surface area contributed by atoms with Gasteiger partial charge in [-0.25, -0.2) is 0 Å². The van der Waals surface area contributed by atoms with E-state index >= 15 is 0 Å². The van der Waals surface area contributed by atoms with Crippen LogP contribution >= 0.6 is 11.3 Å². The van der Waals surface area contributed by atoms with Gasteiger partial charge in [-0.05, 0) is 35.7 Å². The fraction of sp³-hybridized carbons (Fsp3) is 0. The highest BCUT2D eigenvalue weighted by atomic mass is 32.1. The Hall–Kier alpha value is -2.66. The van der Waals surface area contributed by atoms with E-state index in [0.29, 0.717) is 10.4 Å². The van der Waals surface area contributed by atoms with Gasteiger partial charge >= 0.3 is 0 Å². The number of anilines is 1. The SMILES string of the molecule is N=C(N)c1cc2ccc(C(=O)Nc3ccccc3)cc2s1. The molecule has 0 aliphatic rings. The molecule has 0 aliphatic carbocycles. The van der Waals surface area contributed by atoms with Gasteiger partial charge in [-0.15, -0.1) is 11.3 Å². The Morgan fingerprint density at radius 3 is 2.57 bits per heavy atom. The minimum Gasteiger partial charge on any atom is -0.383 e. The van der Waals surface area contributed by atoms with Gasteiger partial charge in [0.2, 0.25) is 0 Å². The van der Waals surface area contributed by atoms with Gasteiger partial charge in [0.15, 0.2) is 0 Å². The highest BCUT2D eigenvalue weighted by Crippen LogP contribution is 2.26. The quantitative estimate of drug-likeness (QED) is 0.511.